The van der Waals surface area contributed by atoms with Crippen molar-refractivity contribution in [3.8, 4) is 0 Å². The highest BCUT2D eigenvalue weighted by Crippen LogP contribution is 2.56. The molecule has 0 spiro atoms. The molecule has 13 aliphatic rings. The smallest absolute Gasteiger partial charge is 0.416 e. The van der Waals surface area contributed by atoms with Gasteiger partial charge in [0, 0.05) is 101 Å². The number of nitrogens with two attached hydrogens (primary N) is 1. The van der Waals surface area contributed by atoms with Crippen LogP contribution < -0.4 is 21.7 Å². The Bertz CT molecular complexity index is 4210. The Kier molecular flexibility index (Phi) is 27.4. The van der Waals surface area contributed by atoms with E-state index >= 15 is 0 Å². The molecule has 1 saturated heterocycles. The summed E-state index contributed by atoms with van der Waals surface area (Å²) in [5.41, 5.74) is 7.45. The molecule has 9 aliphatic carbocycles. The van der Waals surface area contributed by atoms with Crippen LogP contribution in [0.15, 0.2) is 68.3 Å². The molecule has 9 saturated carbocycles. The quantitative estimate of drug-likeness (QED) is 0.120. The number of halogens is 3. The summed E-state index contributed by atoms with van der Waals surface area (Å²) in [5.74, 6) is 0. The molecule has 0 radical (unpaired) electrons. The number of benzene rings is 1. The SMILES string of the molecule is CC(C)(C)OC(=O)N1CC2=C(CN=C2)C(C)(C)C1.CC(C)(C)OC(=O)NC12CCC(CN=C3C(=CN)CN(C(=O)OC(C)(C)C)CC3(C)C)(CC1)CC2.CC(C)(C)OC(=O)NC12CCC(COS(=O)(=O)c3ccc(C(F)(F)F)cc3)(CC1)CC2.CC(C)(C)OC(=O)NC12CCC(Cn3cc4c(n3)C(C)(C)CN(C(=O)OC(C)(C)C)C4)(CC1)CC2. The number of carbonyl (C=O) groups is 6. The molecule has 119 heavy (non-hydrogen) atoms. The van der Waals surface area contributed by atoms with Gasteiger partial charge in [-0.05, 0) is 292 Å². The lowest BCUT2D eigenvalue weighted by Crippen LogP contribution is -2.58. The fraction of sp³-hybridized carbons (Fsp3) is 0.764. The van der Waals surface area contributed by atoms with Gasteiger partial charge in [-0.3, -0.25) is 18.8 Å². The van der Waals surface area contributed by atoms with Crippen LogP contribution in [0.1, 0.15) is 299 Å². The van der Waals surface area contributed by atoms with E-state index in [0.29, 0.717) is 77.8 Å². The number of likely N-dealkylation sites (tertiary alicyclic amines) is 1. The standard InChI is InChI=1S/C27H44N4O4.C27H46N4O4.C21H28F3NO5S.C14H22N2O2/c1-23(2,3)34-21(32)28-27-12-9-26(10-13-27,11-14-27)18-31-16-19-15-30(22(33)35-24(4,5)6)17-25(7,8)20(19)29-31;1-23(2,3)34-21(32)30-27-12-9-26(10-13-27,11-14-27)17-29-20-19(15-28)16-31(18-25(20,7)8)22(33)35-24(4,5)6;1-18(2,3)30-17(26)25-20-11-8-19(9-12-20,10-13-20)14-29-31(27,28)16-6-4-15(5-7-16)21(22,23)24;1-13(2,3)18-12(17)16-8-10-6-15-7-11(10)14(4,5)9-16/h16H,9-15,17-18H2,1-8H3,(H,28,32);15H,9-14,16-18,28H2,1-8H3,(H,30,32);4-7H,8-14H2,1-3H3,(H,25,26);6H,7-9H2,1-5H3. The van der Waals surface area contributed by atoms with Gasteiger partial charge >= 0.3 is 42.7 Å². The number of ether oxygens (including phenoxy) is 6. The van der Waals surface area contributed by atoms with Crippen LogP contribution in [0, 0.1) is 27.1 Å². The molecule has 1 aromatic carbocycles. The average Bonchev–Trinajstić information content (AvgIpc) is 1.73. The van der Waals surface area contributed by atoms with E-state index in [0.717, 1.165) is 143 Å². The number of amides is 6. The van der Waals surface area contributed by atoms with Crippen LogP contribution in [0.25, 0.3) is 0 Å². The number of aromatic nitrogens is 2. The first-order valence-corrected chi connectivity index (χ1v) is 44.0. The molecule has 15 rings (SSSR count). The van der Waals surface area contributed by atoms with E-state index in [1.807, 2.05) is 110 Å². The molecular formula is C89H140F3N11O15S. The molecule has 668 valence electrons. The highest BCUT2D eigenvalue weighted by atomic mass is 32.2. The Morgan fingerprint density at radius 3 is 1.26 bits per heavy atom. The molecule has 6 bridgehead atoms. The Morgan fingerprint density at radius 2 is 0.866 bits per heavy atom. The Hall–Kier alpha value is -7.63. The molecule has 5 N–H and O–H groups in total. The van der Waals surface area contributed by atoms with Gasteiger partial charge in [0.15, 0.2) is 0 Å². The zero-order valence-electron chi connectivity index (χ0n) is 75.7. The maximum atomic E-state index is 12.8. The molecule has 1 aromatic heterocycles. The van der Waals surface area contributed by atoms with Crippen LogP contribution in [0.4, 0.5) is 41.9 Å². The largest absolute Gasteiger partial charge is 0.444 e. The third-order valence-corrected chi connectivity index (χ3v) is 26.0. The Balaban J connectivity index is 0.000000185. The second kappa shape index (κ2) is 34.2. The minimum Gasteiger partial charge on any atom is -0.444 e. The van der Waals surface area contributed by atoms with Crippen molar-refractivity contribution in [2.45, 2.75) is 362 Å². The van der Waals surface area contributed by atoms with E-state index < -0.39 is 61.6 Å². The fourth-order valence-electron chi connectivity index (χ4n) is 18.5. The van der Waals surface area contributed by atoms with Crippen molar-refractivity contribution < 1.29 is 83.0 Å². The topological polar surface area (TPSA) is 316 Å². The summed E-state index contributed by atoms with van der Waals surface area (Å²) in [5, 5.41) is 14.4. The summed E-state index contributed by atoms with van der Waals surface area (Å²) in [6.07, 6.45) is 15.4. The normalized spacial score (nSPS) is 27.5. The zero-order chi connectivity index (χ0) is 88.8. The first kappa shape index (κ1) is 95.2. The molecule has 4 aliphatic heterocycles. The number of alkyl halides is 3. The number of fused-ring (bicyclic) bond motifs is 10. The maximum absolute atomic E-state index is 12.8. The number of hydrogen-bond donors (Lipinski definition) is 4. The highest BCUT2D eigenvalue weighted by Gasteiger charge is 2.54. The number of piperidine rings is 1. The molecule has 30 heteroatoms. The first-order valence-electron chi connectivity index (χ1n) is 42.6. The fourth-order valence-corrected chi connectivity index (χ4v) is 19.5. The predicted molar refractivity (Wildman–Crippen MR) is 451 cm³/mol. The van der Waals surface area contributed by atoms with Gasteiger partial charge in [-0.15, -0.1) is 0 Å². The lowest BCUT2D eigenvalue weighted by molar-refractivity contribution is -0.137. The number of aliphatic imine (C=N–C) groups is 2. The minimum absolute atomic E-state index is 0.0129. The average molecular weight is 1690 g/mol. The van der Waals surface area contributed by atoms with Crippen LogP contribution in [-0.4, -0.2) is 184 Å². The lowest BCUT2D eigenvalue weighted by atomic mass is 9.57. The third kappa shape index (κ3) is 25.5. The Morgan fingerprint density at radius 1 is 0.496 bits per heavy atom. The molecule has 6 amide bonds. The van der Waals surface area contributed by atoms with Crippen molar-refractivity contribution in [1.82, 2.24) is 40.4 Å². The van der Waals surface area contributed by atoms with E-state index in [4.69, 9.17) is 48.4 Å². The summed E-state index contributed by atoms with van der Waals surface area (Å²) in [4.78, 5) is 89.1. The van der Waals surface area contributed by atoms with Crippen LogP contribution in [0.2, 0.25) is 0 Å². The van der Waals surface area contributed by atoms with Gasteiger partial charge in [0.05, 0.1) is 48.9 Å². The van der Waals surface area contributed by atoms with Gasteiger partial charge in [0.25, 0.3) is 10.1 Å². The molecule has 5 heterocycles. The second-order valence-electron chi connectivity index (χ2n) is 43.7. The zero-order valence-corrected chi connectivity index (χ0v) is 76.5. The highest BCUT2D eigenvalue weighted by molar-refractivity contribution is 7.86. The predicted octanol–water partition coefficient (Wildman–Crippen LogP) is 18.4. The van der Waals surface area contributed by atoms with E-state index in [-0.39, 0.29) is 91.1 Å². The van der Waals surface area contributed by atoms with Crippen LogP contribution >= 0.6 is 0 Å². The maximum Gasteiger partial charge on any atom is 0.416 e. The van der Waals surface area contributed by atoms with Crippen molar-refractivity contribution in [1.29, 1.82) is 0 Å². The van der Waals surface area contributed by atoms with Crippen LogP contribution in [0.3, 0.4) is 0 Å². The number of alkyl carbamates (subject to hydrolysis) is 3. The van der Waals surface area contributed by atoms with Gasteiger partial charge in [0.2, 0.25) is 0 Å². The van der Waals surface area contributed by atoms with Crippen molar-refractivity contribution in [3.05, 3.63) is 70.2 Å². The van der Waals surface area contributed by atoms with E-state index in [1.54, 1.807) is 41.7 Å². The minimum atomic E-state index is -4.54. The number of nitrogens with zero attached hydrogens (tertiary/aromatic N) is 7. The van der Waals surface area contributed by atoms with Gasteiger partial charge < -0.3 is 64.8 Å². The summed E-state index contributed by atoms with van der Waals surface area (Å²) in [6.45, 7) is 52.3. The Labute approximate surface area is 705 Å². The lowest BCUT2D eigenvalue weighted by Gasteiger charge is -2.53. The third-order valence-electron chi connectivity index (χ3n) is 24.7. The van der Waals surface area contributed by atoms with Gasteiger partial charge in [-0.1, -0.05) is 41.5 Å². The summed E-state index contributed by atoms with van der Waals surface area (Å²) in [7, 11) is -4.16. The molecule has 0 unspecified atom stereocenters. The van der Waals surface area contributed by atoms with Crippen molar-refractivity contribution in [2.24, 2.45) is 42.8 Å². The van der Waals surface area contributed by atoms with E-state index in [1.165, 1.54) is 11.1 Å². The van der Waals surface area contributed by atoms with Crippen molar-refractivity contribution >= 4 is 58.6 Å². The molecule has 2 aromatic rings. The molecule has 26 nitrogen and oxygen atoms in total. The summed E-state index contributed by atoms with van der Waals surface area (Å²) < 4.78 is 103. The van der Waals surface area contributed by atoms with Crippen LogP contribution in [-0.2, 0) is 67.4 Å². The van der Waals surface area contributed by atoms with E-state index in [2.05, 4.69) is 73.4 Å². The monoisotopic (exact) mass is 1690 g/mol. The molecule has 10 fully saturated rings. The summed E-state index contributed by atoms with van der Waals surface area (Å²) in [6, 6.07) is 3.28. The van der Waals surface area contributed by atoms with Gasteiger partial charge in [-0.2, -0.15) is 26.7 Å². The number of carbonyl (C=O) groups excluding carboxylic acids is 6. The number of hydrogen-bond acceptors (Lipinski definition) is 19. The van der Waals surface area contributed by atoms with Gasteiger partial charge in [0.1, 0.15) is 33.6 Å². The first-order chi connectivity index (χ1) is 54.3. The van der Waals surface area contributed by atoms with Crippen molar-refractivity contribution in [3.63, 3.8) is 0 Å². The number of nitrogens with one attached hydrogen (secondary N) is 3. The van der Waals surface area contributed by atoms with Crippen molar-refractivity contribution in [2.75, 3.05) is 52.4 Å². The second-order valence-corrected chi connectivity index (χ2v) is 45.3. The molecular weight excluding hydrogens is 1550 g/mol. The van der Waals surface area contributed by atoms with Crippen LogP contribution in [0.5, 0.6) is 0 Å². The van der Waals surface area contributed by atoms with E-state index in [9.17, 15) is 50.4 Å². The number of rotatable bonds is 11. The van der Waals surface area contributed by atoms with Gasteiger partial charge in [-0.25, -0.2) is 28.8 Å². The summed E-state index contributed by atoms with van der Waals surface area (Å²) >= 11 is 0. The molecule has 0 atom stereocenters.